The fourth-order valence-corrected chi connectivity index (χ4v) is 2.68. The Hall–Kier alpha value is -1.48. The summed E-state index contributed by atoms with van der Waals surface area (Å²) in [6.45, 7) is 17.9. The molecule has 1 N–H and O–H groups in total. The second-order valence-corrected chi connectivity index (χ2v) is 8.38. The van der Waals surface area contributed by atoms with E-state index in [4.69, 9.17) is 9.47 Å². The number of esters is 2. The van der Waals surface area contributed by atoms with Crippen molar-refractivity contribution in [2.75, 3.05) is 72.7 Å². The average Bonchev–Trinajstić information content (AvgIpc) is 2.57. The number of hydrogen-bond acceptors (Lipinski definition) is 8. The van der Waals surface area contributed by atoms with Crippen molar-refractivity contribution in [2.24, 2.45) is 0 Å². The van der Waals surface area contributed by atoms with Crippen molar-refractivity contribution in [1.29, 1.82) is 0 Å². The summed E-state index contributed by atoms with van der Waals surface area (Å²) in [5.41, 5.74) is -0.0509. The van der Waals surface area contributed by atoms with Gasteiger partial charge in [0.25, 0.3) is 0 Å². The molecule has 1 rings (SSSR count). The van der Waals surface area contributed by atoms with E-state index in [9.17, 15) is 9.59 Å². The molecule has 0 bridgehead atoms. The Morgan fingerprint density at radius 3 is 2.14 bits per heavy atom. The molecule has 0 aromatic rings. The average molecular weight is 399 g/mol. The molecule has 0 amide bonds. The molecule has 1 fully saturated rings. The van der Waals surface area contributed by atoms with Gasteiger partial charge in [-0.15, -0.1) is 0 Å². The number of hydrogen-bond donors (Lipinski definition) is 1. The lowest BCUT2D eigenvalue weighted by molar-refractivity contribution is -0.156. The van der Waals surface area contributed by atoms with Crippen LogP contribution in [0.3, 0.4) is 0 Å². The van der Waals surface area contributed by atoms with Crippen molar-refractivity contribution in [2.45, 2.75) is 33.3 Å². The Kier molecular flexibility index (Phi) is 10.7. The first kappa shape index (κ1) is 24.6. The molecule has 0 spiro atoms. The van der Waals surface area contributed by atoms with Gasteiger partial charge in [-0.3, -0.25) is 14.6 Å². The highest BCUT2D eigenvalue weighted by Gasteiger charge is 2.19. The molecule has 1 saturated heterocycles. The second-order valence-electron chi connectivity index (χ2n) is 8.38. The van der Waals surface area contributed by atoms with Gasteiger partial charge in [-0.2, -0.15) is 0 Å². The molecule has 1 aliphatic rings. The molecule has 0 aromatic heterocycles. The maximum atomic E-state index is 12.1. The van der Waals surface area contributed by atoms with E-state index < -0.39 is 5.60 Å². The molecule has 0 aromatic carbocycles. The lowest BCUT2D eigenvalue weighted by Crippen LogP contribution is -2.46. The van der Waals surface area contributed by atoms with Crippen LogP contribution < -0.4 is 5.32 Å². The van der Waals surface area contributed by atoms with Gasteiger partial charge in [-0.05, 0) is 34.7 Å². The molecular formula is C20H38N4O4. The van der Waals surface area contributed by atoms with E-state index in [0.717, 1.165) is 52.4 Å². The molecule has 0 saturated carbocycles. The Bertz CT molecular complexity index is 519. The number of ether oxygens (including phenoxy) is 2. The number of carbonyl (C=O) groups excluding carboxylic acids is 2. The van der Waals surface area contributed by atoms with Gasteiger partial charge in [0.05, 0.1) is 6.54 Å². The van der Waals surface area contributed by atoms with Crippen LogP contribution in [-0.4, -0.2) is 105 Å². The van der Waals surface area contributed by atoms with Gasteiger partial charge in [-0.1, -0.05) is 6.58 Å². The van der Waals surface area contributed by atoms with Crippen molar-refractivity contribution in [3.63, 3.8) is 0 Å². The summed E-state index contributed by atoms with van der Waals surface area (Å²) in [5.74, 6) is -0.544. The predicted molar refractivity (Wildman–Crippen MR) is 110 cm³/mol. The smallest absolute Gasteiger partial charge is 0.334 e. The van der Waals surface area contributed by atoms with Gasteiger partial charge in [0.2, 0.25) is 0 Å². The quantitative estimate of drug-likeness (QED) is 0.532. The fraction of sp³-hybridized carbons (Fsp3) is 0.800. The number of nitrogens with zero attached hydrogens (tertiary/aromatic N) is 3. The van der Waals surface area contributed by atoms with Gasteiger partial charge >= 0.3 is 11.9 Å². The fourth-order valence-electron chi connectivity index (χ4n) is 2.68. The zero-order chi connectivity index (χ0) is 21.2. The summed E-state index contributed by atoms with van der Waals surface area (Å²) in [7, 11) is 2.06. The number of rotatable bonds is 5. The van der Waals surface area contributed by atoms with Crippen molar-refractivity contribution >= 4 is 11.9 Å². The molecule has 0 unspecified atom stereocenters. The third-order valence-electron chi connectivity index (χ3n) is 4.30. The highest BCUT2D eigenvalue weighted by molar-refractivity contribution is 5.86. The first-order valence-corrected chi connectivity index (χ1v) is 9.95. The molecule has 8 heteroatoms. The predicted octanol–water partition coefficient (Wildman–Crippen LogP) is 0.544. The van der Waals surface area contributed by atoms with Crippen LogP contribution in [0.15, 0.2) is 12.2 Å². The molecule has 28 heavy (non-hydrogen) atoms. The summed E-state index contributed by atoms with van der Waals surface area (Å²) in [6.07, 6.45) is 0. The van der Waals surface area contributed by atoms with E-state index in [1.807, 2.05) is 20.8 Å². The maximum Gasteiger partial charge on any atom is 0.334 e. The summed E-state index contributed by atoms with van der Waals surface area (Å²) in [6, 6.07) is 0. The molecular weight excluding hydrogens is 360 g/mol. The first-order valence-electron chi connectivity index (χ1n) is 9.95. The third kappa shape index (κ3) is 11.4. The zero-order valence-electron chi connectivity index (χ0n) is 18.3. The van der Waals surface area contributed by atoms with Crippen LogP contribution >= 0.6 is 0 Å². The SMILES string of the molecule is C=C(C)C(=O)OCN1CCNCCN(CC(=O)OC(C)(C)C)CCN(C)CC1. The van der Waals surface area contributed by atoms with Gasteiger partial charge in [-0.25, -0.2) is 4.79 Å². The van der Waals surface area contributed by atoms with Crippen LogP contribution in [-0.2, 0) is 19.1 Å². The van der Waals surface area contributed by atoms with Crippen molar-refractivity contribution in [3.8, 4) is 0 Å². The van der Waals surface area contributed by atoms with Crippen molar-refractivity contribution in [1.82, 2.24) is 20.0 Å². The molecule has 0 atom stereocenters. The van der Waals surface area contributed by atoms with E-state index in [-0.39, 0.29) is 18.7 Å². The lowest BCUT2D eigenvalue weighted by Gasteiger charge is -2.29. The van der Waals surface area contributed by atoms with Gasteiger partial charge < -0.3 is 19.7 Å². The largest absolute Gasteiger partial charge is 0.459 e. The lowest BCUT2D eigenvalue weighted by atomic mass is 10.2. The highest BCUT2D eigenvalue weighted by atomic mass is 16.6. The minimum absolute atomic E-state index is 0.187. The van der Waals surface area contributed by atoms with Crippen LogP contribution in [0, 0.1) is 0 Å². The zero-order valence-corrected chi connectivity index (χ0v) is 18.3. The molecule has 1 aliphatic heterocycles. The highest BCUT2D eigenvalue weighted by Crippen LogP contribution is 2.07. The monoisotopic (exact) mass is 398 g/mol. The summed E-state index contributed by atoms with van der Waals surface area (Å²) in [4.78, 5) is 30.2. The molecule has 0 radical (unpaired) electrons. The van der Waals surface area contributed by atoms with Crippen LogP contribution in [0.25, 0.3) is 0 Å². The Labute approximate surface area is 169 Å². The number of likely N-dealkylation sites (N-methyl/N-ethyl adjacent to an activating group) is 1. The number of carbonyl (C=O) groups is 2. The van der Waals surface area contributed by atoms with Gasteiger partial charge in [0.15, 0.2) is 0 Å². The molecule has 8 nitrogen and oxygen atoms in total. The van der Waals surface area contributed by atoms with Crippen LogP contribution in [0.1, 0.15) is 27.7 Å². The first-order chi connectivity index (χ1) is 13.1. The summed E-state index contributed by atoms with van der Waals surface area (Å²) < 4.78 is 10.7. The minimum Gasteiger partial charge on any atom is -0.459 e. The third-order valence-corrected chi connectivity index (χ3v) is 4.30. The standard InChI is InChI=1S/C20H38N4O4/c1-17(2)19(26)27-16-24-10-8-21-7-9-23(13-11-22(6)12-14-24)15-18(25)28-20(3,4)5/h21H,1,7-16H2,2-6H3. The van der Waals surface area contributed by atoms with Crippen molar-refractivity contribution < 1.29 is 19.1 Å². The molecule has 1 heterocycles. The van der Waals surface area contributed by atoms with Gasteiger partial charge in [0, 0.05) is 57.9 Å². The van der Waals surface area contributed by atoms with E-state index >= 15 is 0 Å². The Morgan fingerprint density at radius 2 is 1.57 bits per heavy atom. The maximum absolute atomic E-state index is 12.1. The van der Waals surface area contributed by atoms with E-state index in [1.54, 1.807) is 6.92 Å². The van der Waals surface area contributed by atoms with Crippen LogP contribution in [0.4, 0.5) is 0 Å². The van der Waals surface area contributed by atoms with Crippen LogP contribution in [0.5, 0.6) is 0 Å². The second kappa shape index (κ2) is 12.2. The Balaban J connectivity index is 2.51. The minimum atomic E-state index is -0.463. The van der Waals surface area contributed by atoms with Crippen molar-refractivity contribution in [3.05, 3.63) is 12.2 Å². The molecule has 0 aliphatic carbocycles. The normalized spacial score (nSPS) is 19.3. The summed E-state index contributed by atoms with van der Waals surface area (Å²) >= 11 is 0. The Morgan fingerprint density at radius 1 is 1.00 bits per heavy atom. The topological polar surface area (TPSA) is 74.3 Å². The molecule has 162 valence electrons. The van der Waals surface area contributed by atoms with E-state index in [0.29, 0.717) is 12.1 Å². The van der Waals surface area contributed by atoms with E-state index in [1.165, 1.54) is 0 Å². The number of nitrogens with one attached hydrogen (secondary N) is 1. The van der Waals surface area contributed by atoms with Crippen LogP contribution in [0.2, 0.25) is 0 Å². The summed E-state index contributed by atoms with van der Waals surface area (Å²) in [5, 5.41) is 3.40. The van der Waals surface area contributed by atoms with E-state index in [2.05, 4.69) is 33.6 Å². The van der Waals surface area contributed by atoms with Gasteiger partial charge in [0.1, 0.15) is 12.3 Å².